The molecule has 2 aromatic rings. The molecule has 3 N–H and O–H groups in total. The minimum atomic E-state index is -3.02. The lowest BCUT2D eigenvalue weighted by atomic mass is 9.98. The van der Waals surface area contributed by atoms with Crippen LogP contribution in [0.4, 0.5) is 14.6 Å². The number of benzene rings is 1. The van der Waals surface area contributed by atoms with Crippen LogP contribution in [0, 0.1) is 5.92 Å². The number of halogens is 3. The fourth-order valence-electron chi connectivity index (χ4n) is 5.48. The smallest absolute Gasteiger partial charge is 0.387 e. The summed E-state index contributed by atoms with van der Waals surface area (Å²) in [5.41, 5.74) is 6.97. The van der Waals surface area contributed by atoms with E-state index in [0.29, 0.717) is 18.7 Å². The molecular formula is C27H28ClF2N3O5. The van der Waals surface area contributed by atoms with Gasteiger partial charge in [-0.2, -0.15) is 8.78 Å². The van der Waals surface area contributed by atoms with Gasteiger partial charge in [-0.3, -0.25) is 4.79 Å². The summed E-state index contributed by atoms with van der Waals surface area (Å²) >= 11 is 6.18. The molecule has 3 fully saturated rings. The molecule has 3 atom stereocenters. The van der Waals surface area contributed by atoms with Crippen molar-refractivity contribution in [3.8, 4) is 5.75 Å². The first-order chi connectivity index (χ1) is 18.2. The molecule has 3 aliphatic rings. The molecule has 8 nitrogen and oxygen atoms in total. The van der Waals surface area contributed by atoms with Crippen molar-refractivity contribution in [3.05, 3.63) is 58.3 Å². The maximum absolute atomic E-state index is 13.1. The van der Waals surface area contributed by atoms with Crippen LogP contribution in [0.1, 0.15) is 54.4 Å². The lowest BCUT2D eigenvalue weighted by Gasteiger charge is -2.39. The van der Waals surface area contributed by atoms with Gasteiger partial charge >= 0.3 is 12.6 Å². The van der Waals surface area contributed by atoms with Crippen LogP contribution in [-0.2, 0) is 9.53 Å². The predicted octanol–water partition coefficient (Wildman–Crippen LogP) is 4.90. The molecule has 202 valence electrons. The van der Waals surface area contributed by atoms with Gasteiger partial charge in [0.15, 0.2) is 5.78 Å². The van der Waals surface area contributed by atoms with Gasteiger partial charge < -0.3 is 25.2 Å². The van der Waals surface area contributed by atoms with Crippen LogP contribution in [0.15, 0.2) is 42.1 Å². The number of pyridine rings is 1. The first-order valence-corrected chi connectivity index (χ1v) is 13.0. The lowest BCUT2D eigenvalue weighted by Crippen LogP contribution is -2.46. The number of carboxylic acid groups (broad SMARTS) is 1. The van der Waals surface area contributed by atoms with E-state index in [9.17, 15) is 23.5 Å². The van der Waals surface area contributed by atoms with Crippen molar-refractivity contribution >= 4 is 34.9 Å². The summed E-state index contributed by atoms with van der Waals surface area (Å²) in [5, 5.41) is 9.37. The Morgan fingerprint density at radius 2 is 1.82 bits per heavy atom. The number of piperidine rings is 1. The Morgan fingerprint density at radius 1 is 1.13 bits per heavy atom. The van der Waals surface area contributed by atoms with Crippen molar-refractivity contribution < 1.29 is 33.0 Å². The first kappa shape index (κ1) is 26.4. The maximum Gasteiger partial charge on any atom is 0.387 e. The number of alkyl halides is 2. The zero-order chi connectivity index (χ0) is 27.0. The van der Waals surface area contributed by atoms with Gasteiger partial charge in [0.2, 0.25) is 0 Å². The third kappa shape index (κ3) is 5.47. The van der Waals surface area contributed by atoms with E-state index in [4.69, 9.17) is 22.1 Å². The highest BCUT2D eigenvalue weighted by Crippen LogP contribution is 2.41. The Hall–Kier alpha value is -3.24. The van der Waals surface area contributed by atoms with E-state index in [0.717, 1.165) is 25.7 Å². The normalized spacial score (nSPS) is 23.4. The van der Waals surface area contributed by atoms with E-state index in [1.54, 1.807) is 24.3 Å². The largest absolute Gasteiger partial charge is 0.478 e. The van der Waals surface area contributed by atoms with Gasteiger partial charge in [0, 0.05) is 41.4 Å². The molecule has 2 bridgehead atoms. The number of Topliss-reactive ketones (excluding diaryl/α,β-unsaturated/α-hetero) is 1. The number of anilines is 1. The summed E-state index contributed by atoms with van der Waals surface area (Å²) in [5.74, 6) is -0.829. The zero-order valence-electron chi connectivity index (χ0n) is 20.5. The van der Waals surface area contributed by atoms with Gasteiger partial charge in [-0.1, -0.05) is 23.7 Å². The Kier molecular flexibility index (Phi) is 7.54. The summed E-state index contributed by atoms with van der Waals surface area (Å²) in [6.45, 7) is -3.04. The second-order valence-corrected chi connectivity index (χ2v) is 10.3. The Labute approximate surface area is 223 Å². The highest BCUT2D eigenvalue weighted by atomic mass is 35.5. The first-order valence-electron chi connectivity index (χ1n) is 12.6. The standard InChI is InChI=1S/C27H28ClF2N3O5/c28-21-11-23(32-12-19(21)26(35)36)33-15-7-8-16(33)10-17(9-15)37-13-20(25(34)14-5-6-14)24(31)18-3-1-2-4-22(18)38-27(29)30/h1-4,11-12,14-17,27H,5-10,13,31H2,(H,35,36)/t15-,16?,17?/m0/s1. The molecule has 5 rings (SSSR count). The molecule has 11 heteroatoms. The molecule has 0 radical (unpaired) electrons. The number of aromatic carboxylic acids is 1. The van der Waals surface area contributed by atoms with E-state index in [-0.39, 0.29) is 69.7 Å². The average molecular weight is 548 g/mol. The van der Waals surface area contributed by atoms with Crippen molar-refractivity contribution in [1.29, 1.82) is 0 Å². The van der Waals surface area contributed by atoms with E-state index >= 15 is 0 Å². The molecule has 1 aliphatic carbocycles. The van der Waals surface area contributed by atoms with Gasteiger partial charge in [-0.15, -0.1) is 0 Å². The zero-order valence-corrected chi connectivity index (χ0v) is 21.2. The van der Waals surface area contributed by atoms with Gasteiger partial charge in [-0.05, 0) is 50.7 Å². The van der Waals surface area contributed by atoms with Crippen molar-refractivity contribution in [1.82, 2.24) is 4.98 Å². The van der Waals surface area contributed by atoms with Crippen molar-refractivity contribution in [2.24, 2.45) is 11.7 Å². The number of ether oxygens (including phenoxy) is 2. The number of para-hydroxylation sites is 1. The van der Waals surface area contributed by atoms with Crippen LogP contribution in [-0.4, -0.2) is 53.2 Å². The number of hydrogen-bond acceptors (Lipinski definition) is 7. The molecule has 3 heterocycles. The Bertz CT molecular complexity index is 1260. The fourth-order valence-corrected chi connectivity index (χ4v) is 5.71. The number of ketones is 1. The molecule has 2 saturated heterocycles. The van der Waals surface area contributed by atoms with Crippen molar-refractivity contribution in [2.45, 2.75) is 63.3 Å². The van der Waals surface area contributed by atoms with Crippen LogP contribution in [0.5, 0.6) is 5.75 Å². The lowest BCUT2D eigenvalue weighted by molar-refractivity contribution is -0.117. The summed E-state index contributed by atoms with van der Waals surface area (Å²) in [7, 11) is 0. The van der Waals surface area contributed by atoms with Gasteiger partial charge in [0.05, 0.1) is 29.0 Å². The molecule has 0 spiro atoms. The molecule has 2 aliphatic heterocycles. The maximum atomic E-state index is 13.1. The number of nitrogens with zero attached hydrogens (tertiary/aromatic N) is 2. The number of hydrogen-bond donors (Lipinski definition) is 2. The summed E-state index contributed by atoms with van der Waals surface area (Å²) in [4.78, 5) is 30.9. The summed E-state index contributed by atoms with van der Waals surface area (Å²) in [6.07, 6.45) is 5.90. The van der Waals surface area contributed by atoms with E-state index in [1.807, 2.05) is 0 Å². The molecule has 0 amide bonds. The molecular weight excluding hydrogens is 520 g/mol. The van der Waals surface area contributed by atoms with Gasteiger partial charge in [0.25, 0.3) is 0 Å². The number of carboxylic acids is 1. The highest BCUT2D eigenvalue weighted by molar-refractivity contribution is 6.33. The van der Waals surface area contributed by atoms with Crippen LogP contribution < -0.4 is 15.4 Å². The molecule has 1 aromatic heterocycles. The number of carbonyl (C=O) groups is 2. The number of aromatic nitrogens is 1. The quantitative estimate of drug-likeness (QED) is 0.404. The topological polar surface area (TPSA) is 115 Å². The third-order valence-corrected chi connectivity index (χ3v) is 7.76. The third-order valence-electron chi connectivity index (χ3n) is 7.45. The fraction of sp³-hybridized carbons (Fsp3) is 0.444. The number of fused-ring (bicyclic) bond motifs is 2. The Morgan fingerprint density at radius 3 is 2.42 bits per heavy atom. The minimum Gasteiger partial charge on any atom is -0.478 e. The van der Waals surface area contributed by atoms with Gasteiger partial charge in [-0.25, -0.2) is 9.78 Å². The van der Waals surface area contributed by atoms with Crippen LogP contribution in [0.2, 0.25) is 5.02 Å². The van der Waals surface area contributed by atoms with Crippen molar-refractivity contribution in [3.63, 3.8) is 0 Å². The molecule has 2 unspecified atom stereocenters. The molecule has 1 aromatic carbocycles. The summed E-state index contributed by atoms with van der Waals surface area (Å²) in [6, 6.07) is 8.01. The van der Waals surface area contributed by atoms with E-state index in [1.165, 1.54) is 12.3 Å². The number of nitrogens with two attached hydrogens (primary N) is 1. The van der Waals surface area contributed by atoms with Crippen molar-refractivity contribution in [2.75, 3.05) is 11.5 Å². The van der Waals surface area contributed by atoms with Crippen LogP contribution in [0.3, 0.4) is 0 Å². The Balaban J connectivity index is 1.32. The number of rotatable bonds is 10. The molecule has 1 saturated carbocycles. The average Bonchev–Trinajstić information content (AvgIpc) is 3.68. The second-order valence-electron chi connectivity index (χ2n) is 9.93. The van der Waals surface area contributed by atoms with Crippen LogP contribution in [0.25, 0.3) is 5.70 Å². The monoisotopic (exact) mass is 547 g/mol. The second kappa shape index (κ2) is 10.9. The predicted molar refractivity (Wildman–Crippen MR) is 136 cm³/mol. The minimum absolute atomic E-state index is 0.0221. The summed E-state index contributed by atoms with van der Waals surface area (Å²) < 4.78 is 36.8. The van der Waals surface area contributed by atoms with Gasteiger partial charge in [0.1, 0.15) is 11.6 Å². The molecule has 38 heavy (non-hydrogen) atoms. The SMILES string of the molecule is NC(=C(COC1CC2CC[C@@H](C1)N2c1cc(Cl)c(C(=O)O)cn1)C(=O)C1CC1)c1ccccc1OC(F)F. The van der Waals surface area contributed by atoms with E-state index < -0.39 is 12.6 Å². The highest BCUT2D eigenvalue weighted by Gasteiger charge is 2.42. The van der Waals surface area contributed by atoms with E-state index in [2.05, 4.69) is 14.6 Å². The number of carbonyl (C=O) groups excluding carboxylic acids is 1. The van der Waals surface area contributed by atoms with Crippen LogP contribution >= 0.6 is 11.6 Å².